The Kier molecular flexibility index (Phi) is 7.48. The van der Waals surface area contributed by atoms with Crippen LogP contribution in [0.15, 0.2) is 24.3 Å². The Balaban J connectivity index is 1.65. The molecule has 0 aliphatic carbocycles. The van der Waals surface area contributed by atoms with Crippen molar-refractivity contribution >= 4 is 29.3 Å². The van der Waals surface area contributed by atoms with Gasteiger partial charge in [0.25, 0.3) is 0 Å². The zero-order valence-electron chi connectivity index (χ0n) is 18.6. The van der Waals surface area contributed by atoms with Crippen LogP contribution in [-0.2, 0) is 19.2 Å². The summed E-state index contributed by atoms with van der Waals surface area (Å²) in [6, 6.07) is 4.86. The molecule has 0 radical (unpaired) electrons. The molecule has 9 heteroatoms. The van der Waals surface area contributed by atoms with Crippen LogP contribution >= 0.6 is 0 Å². The molecule has 4 amide bonds. The number of rotatable bonds is 7. The van der Waals surface area contributed by atoms with E-state index in [9.17, 15) is 23.6 Å². The summed E-state index contributed by atoms with van der Waals surface area (Å²) in [5, 5.41) is 2.88. The quantitative estimate of drug-likeness (QED) is 0.660. The van der Waals surface area contributed by atoms with Gasteiger partial charge < -0.3 is 20.9 Å². The van der Waals surface area contributed by atoms with Crippen LogP contribution in [0.3, 0.4) is 0 Å². The van der Waals surface area contributed by atoms with Crippen molar-refractivity contribution in [3.05, 3.63) is 30.1 Å². The maximum absolute atomic E-state index is 13.2. The Morgan fingerprint density at radius 3 is 2.34 bits per heavy atom. The zero-order chi connectivity index (χ0) is 23.4. The van der Waals surface area contributed by atoms with Gasteiger partial charge >= 0.3 is 0 Å². The van der Waals surface area contributed by atoms with E-state index < -0.39 is 17.8 Å². The zero-order valence-corrected chi connectivity index (χ0v) is 18.6. The first-order chi connectivity index (χ1) is 15.2. The lowest BCUT2D eigenvalue weighted by Gasteiger charge is -2.35. The van der Waals surface area contributed by atoms with Crippen molar-refractivity contribution in [1.82, 2.24) is 10.2 Å². The molecule has 2 saturated heterocycles. The molecule has 2 aliphatic rings. The third-order valence-corrected chi connectivity index (χ3v) is 6.62. The van der Waals surface area contributed by atoms with Gasteiger partial charge in [0.2, 0.25) is 23.6 Å². The number of primary amides is 1. The molecule has 0 saturated carbocycles. The predicted octanol–water partition coefficient (Wildman–Crippen LogP) is 1.43. The molecule has 2 aliphatic heterocycles. The number of carbonyl (C=O) groups is 4. The highest BCUT2D eigenvalue weighted by atomic mass is 19.1. The molecule has 3 atom stereocenters. The highest BCUT2D eigenvalue weighted by molar-refractivity contribution is 6.01. The first-order valence-electron chi connectivity index (χ1n) is 11.2. The number of nitrogens with zero attached hydrogens (tertiary/aromatic N) is 2. The number of hydrogen-bond donors (Lipinski definition) is 2. The number of likely N-dealkylation sites (tertiary alicyclic amines) is 1. The summed E-state index contributed by atoms with van der Waals surface area (Å²) in [4.78, 5) is 53.2. The topological polar surface area (TPSA) is 113 Å². The number of amides is 4. The van der Waals surface area contributed by atoms with E-state index in [0.717, 1.165) is 0 Å². The molecule has 0 spiro atoms. The van der Waals surface area contributed by atoms with Gasteiger partial charge in [-0.15, -0.1) is 0 Å². The fourth-order valence-corrected chi connectivity index (χ4v) is 4.29. The molecule has 0 bridgehead atoms. The van der Waals surface area contributed by atoms with E-state index in [2.05, 4.69) is 5.32 Å². The Bertz CT molecular complexity index is 867. The highest BCUT2D eigenvalue weighted by Crippen LogP contribution is 2.26. The van der Waals surface area contributed by atoms with Crippen molar-refractivity contribution in [2.45, 2.75) is 45.6 Å². The summed E-state index contributed by atoms with van der Waals surface area (Å²) in [6.07, 6.45) is 1.77. The number of hydrogen-bond acceptors (Lipinski definition) is 4. The lowest BCUT2D eigenvalue weighted by molar-refractivity contribution is -0.141. The first kappa shape index (κ1) is 23.7. The Morgan fingerprint density at radius 1 is 1.16 bits per heavy atom. The van der Waals surface area contributed by atoms with Crippen molar-refractivity contribution in [2.75, 3.05) is 24.5 Å². The van der Waals surface area contributed by atoms with Crippen LogP contribution in [0.2, 0.25) is 0 Å². The van der Waals surface area contributed by atoms with Crippen LogP contribution < -0.4 is 16.0 Å². The van der Waals surface area contributed by atoms with Crippen LogP contribution in [0.5, 0.6) is 0 Å². The number of benzene rings is 1. The first-order valence-corrected chi connectivity index (χ1v) is 11.2. The largest absolute Gasteiger partial charge is 0.369 e. The number of piperidine rings is 1. The Hall–Kier alpha value is -2.97. The van der Waals surface area contributed by atoms with E-state index in [1.165, 1.54) is 29.2 Å². The molecule has 3 rings (SSSR count). The summed E-state index contributed by atoms with van der Waals surface area (Å²) in [5.41, 5.74) is 5.92. The van der Waals surface area contributed by atoms with Gasteiger partial charge in [0.15, 0.2) is 0 Å². The average molecular weight is 447 g/mol. The van der Waals surface area contributed by atoms with Crippen LogP contribution in [0.25, 0.3) is 0 Å². The third-order valence-electron chi connectivity index (χ3n) is 6.62. The standard InChI is InChI=1S/C23H31FN4O4/c1-3-14(2)20(23(32)27-10-8-15(9-11-27)21(25)30)26-22(31)16-12-19(29)28(13-16)18-6-4-17(24)5-7-18/h4-7,14-16,20H,3,8-13H2,1-2H3,(H2,25,30)(H,26,31)/t14-,16-,20-/m0/s1. The average Bonchev–Trinajstić information content (AvgIpc) is 3.18. The van der Waals surface area contributed by atoms with Crippen LogP contribution in [0.1, 0.15) is 39.5 Å². The molecular formula is C23H31FN4O4. The van der Waals surface area contributed by atoms with Gasteiger partial charge in [-0.3, -0.25) is 19.2 Å². The second-order valence-corrected chi connectivity index (χ2v) is 8.76. The number of anilines is 1. The van der Waals surface area contributed by atoms with E-state index in [1.54, 1.807) is 4.90 Å². The van der Waals surface area contributed by atoms with Crippen molar-refractivity contribution < 1.29 is 23.6 Å². The number of carbonyl (C=O) groups excluding carboxylic acids is 4. The molecule has 174 valence electrons. The fourth-order valence-electron chi connectivity index (χ4n) is 4.29. The van der Waals surface area contributed by atoms with Crippen molar-refractivity contribution in [3.63, 3.8) is 0 Å². The summed E-state index contributed by atoms with van der Waals surface area (Å²) >= 11 is 0. The molecule has 2 heterocycles. The van der Waals surface area contributed by atoms with Gasteiger partial charge in [-0.05, 0) is 43.0 Å². The third kappa shape index (κ3) is 5.26. The SMILES string of the molecule is CC[C@H](C)[C@H](NC(=O)[C@H]1CC(=O)N(c2ccc(F)cc2)C1)C(=O)N1CCC(C(N)=O)CC1. The predicted molar refractivity (Wildman–Crippen MR) is 117 cm³/mol. The van der Waals surface area contributed by atoms with Gasteiger partial charge in [-0.25, -0.2) is 4.39 Å². The minimum Gasteiger partial charge on any atom is -0.369 e. The van der Waals surface area contributed by atoms with Crippen LogP contribution in [0, 0.1) is 23.6 Å². The molecule has 0 unspecified atom stereocenters. The van der Waals surface area contributed by atoms with E-state index in [4.69, 9.17) is 5.73 Å². The maximum Gasteiger partial charge on any atom is 0.245 e. The minimum absolute atomic E-state index is 0.0363. The summed E-state index contributed by atoms with van der Waals surface area (Å²) in [6.45, 7) is 4.89. The normalized spacial score (nSPS) is 21.3. The van der Waals surface area contributed by atoms with Crippen molar-refractivity contribution in [2.24, 2.45) is 23.5 Å². The fraction of sp³-hybridized carbons (Fsp3) is 0.565. The van der Waals surface area contributed by atoms with Crippen LogP contribution in [-0.4, -0.2) is 54.2 Å². The molecule has 2 fully saturated rings. The van der Waals surface area contributed by atoms with Crippen molar-refractivity contribution in [1.29, 1.82) is 0 Å². The monoisotopic (exact) mass is 446 g/mol. The molecule has 1 aromatic rings. The minimum atomic E-state index is -0.701. The molecule has 8 nitrogen and oxygen atoms in total. The molecule has 0 aromatic heterocycles. The number of nitrogens with one attached hydrogen (secondary N) is 1. The molecule has 32 heavy (non-hydrogen) atoms. The summed E-state index contributed by atoms with van der Waals surface area (Å²) in [5.74, 6) is -2.37. The molecular weight excluding hydrogens is 415 g/mol. The van der Waals surface area contributed by atoms with Gasteiger partial charge in [-0.2, -0.15) is 0 Å². The second-order valence-electron chi connectivity index (χ2n) is 8.76. The Labute approximate surface area is 187 Å². The van der Waals surface area contributed by atoms with E-state index in [0.29, 0.717) is 38.0 Å². The van der Waals surface area contributed by atoms with E-state index in [-0.39, 0.29) is 48.4 Å². The van der Waals surface area contributed by atoms with Crippen LogP contribution in [0.4, 0.5) is 10.1 Å². The van der Waals surface area contributed by atoms with Gasteiger partial charge in [0.1, 0.15) is 11.9 Å². The molecule has 1 aromatic carbocycles. The van der Waals surface area contributed by atoms with Gasteiger partial charge in [0, 0.05) is 37.7 Å². The number of halogens is 1. The summed E-state index contributed by atoms with van der Waals surface area (Å²) in [7, 11) is 0. The lowest BCUT2D eigenvalue weighted by Crippen LogP contribution is -2.55. The van der Waals surface area contributed by atoms with Gasteiger partial charge in [-0.1, -0.05) is 20.3 Å². The smallest absolute Gasteiger partial charge is 0.245 e. The number of nitrogens with two attached hydrogens (primary N) is 1. The molecule has 3 N–H and O–H groups in total. The summed E-state index contributed by atoms with van der Waals surface area (Å²) < 4.78 is 13.2. The second kappa shape index (κ2) is 10.1. The lowest BCUT2D eigenvalue weighted by atomic mass is 9.93. The van der Waals surface area contributed by atoms with E-state index >= 15 is 0 Å². The van der Waals surface area contributed by atoms with E-state index in [1.807, 2.05) is 13.8 Å². The Morgan fingerprint density at radius 2 is 1.78 bits per heavy atom. The maximum atomic E-state index is 13.2. The van der Waals surface area contributed by atoms with Crippen molar-refractivity contribution in [3.8, 4) is 0 Å². The van der Waals surface area contributed by atoms with Gasteiger partial charge in [0.05, 0.1) is 5.92 Å². The highest BCUT2D eigenvalue weighted by Gasteiger charge is 2.39.